The summed E-state index contributed by atoms with van der Waals surface area (Å²) in [6.45, 7) is -0.0402. The molecule has 0 saturated heterocycles. The maximum atomic E-state index is 14.7. The van der Waals surface area contributed by atoms with Crippen LogP contribution in [0.4, 0.5) is 36.8 Å². The number of alkyl halides is 5. The minimum Gasteiger partial charge on any atom is -0.351 e. The highest BCUT2D eigenvalue weighted by atomic mass is 19.4. The highest BCUT2D eigenvalue weighted by Crippen LogP contribution is 2.50. The van der Waals surface area contributed by atoms with E-state index >= 15 is 0 Å². The lowest BCUT2D eigenvalue weighted by atomic mass is 9.87. The molecule has 3 aromatic rings. The summed E-state index contributed by atoms with van der Waals surface area (Å²) in [5, 5.41) is 10.1. The van der Waals surface area contributed by atoms with E-state index in [4.69, 9.17) is 5.73 Å². The Kier molecular flexibility index (Phi) is 4.15. The van der Waals surface area contributed by atoms with Gasteiger partial charge < -0.3 is 5.73 Å². The first-order valence-electron chi connectivity index (χ1n) is 8.28. The predicted octanol–water partition coefficient (Wildman–Crippen LogP) is 2.98. The lowest BCUT2D eigenvalue weighted by Gasteiger charge is -2.27. The van der Waals surface area contributed by atoms with E-state index in [9.17, 15) is 31.1 Å². The van der Waals surface area contributed by atoms with Crippen LogP contribution < -0.4 is 10.6 Å². The summed E-state index contributed by atoms with van der Waals surface area (Å²) in [4.78, 5) is 16.2. The number of primary amides is 1. The second-order valence-electron chi connectivity index (χ2n) is 6.82. The first-order valence-corrected chi connectivity index (χ1v) is 8.28. The van der Waals surface area contributed by atoms with E-state index in [1.54, 1.807) is 0 Å². The molecule has 8 nitrogen and oxygen atoms in total. The fourth-order valence-corrected chi connectivity index (χ4v) is 3.44. The average molecular weight is 431 g/mol. The normalized spacial score (nSPS) is 19.0. The molecule has 0 bridgehead atoms. The van der Waals surface area contributed by atoms with E-state index < -0.39 is 53.5 Å². The summed E-state index contributed by atoms with van der Waals surface area (Å²) in [5.41, 5.74) is -0.0486. The summed E-state index contributed by atoms with van der Waals surface area (Å²) in [5.74, 6) is -1.26. The molecule has 1 aliphatic rings. The Morgan fingerprint density at radius 2 is 2.00 bits per heavy atom. The molecule has 0 spiro atoms. The lowest BCUT2D eigenvalue weighted by Crippen LogP contribution is -2.46. The van der Waals surface area contributed by atoms with Crippen LogP contribution in [0.2, 0.25) is 0 Å². The Labute approximate surface area is 163 Å². The number of nitrogens with zero attached hydrogens (tertiary/aromatic N) is 6. The Morgan fingerprint density at radius 3 is 2.60 bits per heavy atom. The van der Waals surface area contributed by atoms with Gasteiger partial charge in [-0.2, -0.15) is 22.7 Å². The van der Waals surface area contributed by atoms with Gasteiger partial charge in [-0.1, -0.05) is 0 Å². The van der Waals surface area contributed by atoms with E-state index in [2.05, 4.69) is 20.3 Å². The Morgan fingerprint density at radius 1 is 1.30 bits per heavy atom. The third-order valence-electron chi connectivity index (χ3n) is 4.95. The molecule has 0 radical (unpaired) electrons. The van der Waals surface area contributed by atoms with Crippen molar-refractivity contribution < 1.29 is 31.1 Å². The molecule has 1 unspecified atom stereocenters. The number of hydrogen-bond acceptors (Lipinski definition) is 5. The number of amides is 2. The monoisotopic (exact) mass is 431 g/mol. The summed E-state index contributed by atoms with van der Waals surface area (Å²) in [7, 11) is 0. The molecule has 4 heterocycles. The third-order valence-corrected chi connectivity index (χ3v) is 4.95. The van der Waals surface area contributed by atoms with Gasteiger partial charge in [0.15, 0.2) is 5.65 Å². The molecule has 0 saturated carbocycles. The molecule has 14 heteroatoms. The SMILES string of the molecule is CC1(C(F)(F)F)CN(C(N)=O)c2cnc3c(-c4cnnc(C(F)F)c4)c(F)nn3c21. The van der Waals surface area contributed by atoms with Crippen LogP contribution in [-0.4, -0.2) is 43.5 Å². The van der Waals surface area contributed by atoms with Gasteiger partial charge in [-0.25, -0.2) is 23.1 Å². The van der Waals surface area contributed by atoms with Crippen LogP contribution >= 0.6 is 0 Å². The summed E-state index contributed by atoms with van der Waals surface area (Å²) < 4.78 is 82.9. The summed E-state index contributed by atoms with van der Waals surface area (Å²) in [6.07, 6.45) is -5.97. The van der Waals surface area contributed by atoms with Crippen molar-refractivity contribution in [3.8, 4) is 11.1 Å². The highest BCUT2D eigenvalue weighted by Gasteiger charge is 2.60. The smallest absolute Gasteiger partial charge is 0.351 e. The van der Waals surface area contributed by atoms with Crippen molar-refractivity contribution in [2.45, 2.75) is 24.9 Å². The van der Waals surface area contributed by atoms with Gasteiger partial charge in [0.1, 0.15) is 11.1 Å². The van der Waals surface area contributed by atoms with Crippen molar-refractivity contribution in [1.82, 2.24) is 24.8 Å². The van der Waals surface area contributed by atoms with Gasteiger partial charge in [0.25, 0.3) is 6.43 Å². The Balaban J connectivity index is 2.03. The first-order chi connectivity index (χ1) is 14.0. The molecular formula is C16H11F6N7O. The van der Waals surface area contributed by atoms with Crippen molar-refractivity contribution in [3.05, 3.63) is 35.8 Å². The summed E-state index contributed by atoms with van der Waals surface area (Å²) in [6, 6.07) is -0.316. The first kappa shape index (κ1) is 19.8. The number of anilines is 1. The number of aromatic nitrogens is 5. The molecule has 1 aliphatic heterocycles. The second-order valence-corrected chi connectivity index (χ2v) is 6.82. The van der Waals surface area contributed by atoms with Gasteiger partial charge in [-0.05, 0) is 13.0 Å². The molecule has 2 N–H and O–H groups in total. The van der Waals surface area contributed by atoms with Crippen LogP contribution in [0.15, 0.2) is 18.5 Å². The molecular weight excluding hydrogens is 420 g/mol. The number of rotatable bonds is 2. The van der Waals surface area contributed by atoms with Crippen molar-refractivity contribution in [3.63, 3.8) is 0 Å². The van der Waals surface area contributed by atoms with Gasteiger partial charge in [0.2, 0.25) is 5.95 Å². The van der Waals surface area contributed by atoms with Crippen LogP contribution in [0.1, 0.15) is 24.7 Å². The molecule has 1 atom stereocenters. The van der Waals surface area contributed by atoms with E-state index in [1.807, 2.05) is 0 Å². The minimum absolute atomic E-state index is 0.196. The number of hydrogen-bond donors (Lipinski definition) is 1. The topological polar surface area (TPSA) is 102 Å². The number of nitrogens with two attached hydrogens (primary N) is 1. The number of fused-ring (bicyclic) bond motifs is 3. The van der Waals surface area contributed by atoms with E-state index in [0.717, 1.165) is 25.4 Å². The van der Waals surface area contributed by atoms with Gasteiger partial charge in [-0.3, -0.25) is 4.90 Å². The molecule has 4 rings (SSSR count). The van der Waals surface area contributed by atoms with Crippen LogP contribution in [0.3, 0.4) is 0 Å². The van der Waals surface area contributed by atoms with Crippen molar-refractivity contribution in [1.29, 1.82) is 0 Å². The molecule has 0 aliphatic carbocycles. The molecule has 2 amide bonds. The van der Waals surface area contributed by atoms with E-state index in [0.29, 0.717) is 9.42 Å². The number of halogens is 6. The Bertz CT molecular complexity index is 1180. The predicted molar refractivity (Wildman–Crippen MR) is 89.3 cm³/mol. The maximum absolute atomic E-state index is 14.7. The highest BCUT2D eigenvalue weighted by molar-refractivity contribution is 5.94. The molecule has 0 aromatic carbocycles. The van der Waals surface area contributed by atoms with Crippen molar-refractivity contribution in [2.24, 2.45) is 5.73 Å². The van der Waals surface area contributed by atoms with Crippen molar-refractivity contribution >= 4 is 17.4 Å². The largest absolute Gasteiger partial charge is 0.401 e. The maximum Gasteiger partial charge on any atom is 0.401 e. The van der Waals surface area contributed by atoms with Crippen LogP contribution in [0, 0.1) is 5.95 Å². The number of carbonyl (C=O) groups is 1. The van der Waals surface area contributed by atoms with Gasteiger partial charge in [-0.15, -0.1) is 10.2 Å². The molecule has 158 valence electrons. The standard InChI is InChI=1S/C16H11F6N7O/c1-15(16(20,21)22)5-28(14(23)30)8-4-24-13-9(12(19)27-29(13)10(8)15)6-2-7(11(17)18)26-25-3-6/h2-4,11H,5H2,1H3,(H2,23,30). The summed E-state index contributed by atoms with van der Waals surface area (Å²) >= 11 is 0. The average Bonchev–Trinajstić information content (AvgIpc) is 3.16. The van der Waals surface area contributed by atoms with Gasteiger partial charge in [0.05, 0.1) is 29.3 Å². The van der Waals surface area contributed by atoms with Crippen molar-refractivity contribution in [2.75, 3.05) is 11.4 Å². The quantitative estimate of drug-likeness (QED) is 0.629. The van der Waals surface area contributed by atoms with E-state index in [-0.39, 0.29) is 16.9 Å². The van der Waals surface area contributed by atoms with Gasteiger partial charge in [0, 0.05) is 12.1 Å². The molecule has 0 fully saturated rings. The third kappa shape index (κ3) is 2.66. The zero-order chi connectivity index (χ0) is 22.0. The van der Waals surface area contributed by atoms with E-state index in [1.165, 1.54) is 0 Å². The van der Waals surface area contributed by atoms with Crippen LogP contribution in [-0.2, 0) is 5.41 Å². The van der Waals surface area contributed by atoms with Gasteiger partial charge >= 0.3 is 12.2 Å². The van der Waals surface area contributed by atoms with Crippen LogP contribution in [0.5, 0.6) is 0 Å². The Hall–Kier alpha value is -3.45. The molecule has 3 aromatic heterocycles. The second kappa shape index (κ2) is 6.27. The molecule has 30 heavy (non-hydrogen) atoms. The van der Waals surface area contributed by atoms with Crippen LogP contribution in [0.25, 0.3) is 16.8 Å². The fourth-order valence-electron chi connectivity index (χ4n) is 3.44. The minimum atomic E-state index is -4.86. The zero-order valence-electron chi connectivity index (χ0n) is 15.0. The lowest BCUT2D eigenvalue weighted by molar-refractivity contribution is -0.181. The number of urea groups is 1. The zero-order valence-corrected chi connectivity index (χ0v) is 15.0. The fraction of sp³-hybridized carbons (Fsp3) is 0.312. The number of carbonyl (C=O) groups excluding carboxylic acids is 1.